The second kappa shape index (κ2) is 9.14. The maximum atomic E-state index is 12.4. The fourth-order valence-electron chi connectivity index (χ4n) is 2.33. The van der Waals surface area contributed by atoms with Crippen molar-refractivity contribution in [2.75, 3.05) is 33.3 Å². The minimum atomic E-state index is -0.731. The van der Waals surface area contributed by atoms with Crippen LogP contribution in [0.1, 0.15) is 15.9 Å². The molecule has 0 atom stereocenters. The van der Waals surface area contributed by atoms with Crippen LogP contribution in [-0.2, 0) is 9.53 Å². The van der Waals surface area contributed by atoms with Crippen molar-refractivity contribution in [3.63, 3.8) is 0 Å². The number of rotatable bonds is 7. The van der Waals surface area contributed by atoms with E-state index < -0.39 is 18.5 Å². The molecule has 1 N–H and O–H groups in total. The third kappa shape index (κ3) is 4.83. The minimum absolute atomic E-state index is 0.113. The summed E-state index contributed by atoms with van der Waals surface area (Å²) in [4.78, 5) is 24.5. The van der Waals surface area contributed by atoms with Crippen LogP contribution in [-0.4, -0.2) is 39.8 Å². The number of amides is 1. The Morgan fingerprint density at radius 1 is 1.00 bits per heavy atom. The van der Waals surface area contributed by atoms with Crippen LogP contribution in [0.25, 0.3) is 0 Å². The minimum Gasteiger partial charge on any atom is -0.496 e. The lowest BCUT2D eigenvalue weighted by Gasteiger charge is -2.14. The molecule has 2 rings (SSSR count). The number of halogens is 1. The number of nitrogens with one attached hydrogen (secondary N) is 1. The van der Waals surface area contributed by atoms with Crippen molar-refractivity contribution in [1.29, 1.82) is 0 Å². The number of ether oxygens (including phenoxy) is 4. The van der Waals surface area contributed by atoms with Gasteiger partial charge in [0.1, 0.15) is 11.3 Å². The molecule has 7 nitrogen and oxygen atoms in total. The van der Waals surface area contributed by atoms with Crippen LogP contribution in [0.3, 0.4) is 0 Å². The summed E-state index contributed by atoms with van der Waals surface area (Å²) in [5.41, 5.74) is 1.38. The maximum absolute atomic E-state index is 12.4. The van der Waals surface area contributed by atoms with Crippen LogP contribution in [0.4, 0.5) is 5.69 Å². The van der Waals surface area contributed by atoms with Crippen LogP contribution in [0.15, 0.2) is 30.3 Å². The number of carbonyl (C=O) groups excluding carboxylic acids is 2. The smallest absolute Gasteiger partial charge is 0.342 e. The molecule has 1 amide bonds. The number of hydrogen-bond donors (Lipinski definition) is 1. The molecular weight excluding hydrogens is 374 g/mol. The number of hydrogen-bond acceptors (Lipinski definition) is 6. The monoisotopic (exact) mass is 393 g/mol. The first-order chi connectivity index (χ1) is 12.9. The van der Waals surface area contributed by atoms with Crippen LogP contribution in [0.5, 0.6) is 17.2 Å². The van der Waals surface area contributed by atoms with Gasteiger partial charge in [-0.25, -0.2) is 4.79 Å². The van der Waals surface area contributed by atoms with Crippen molar-refractivity contribution in [2.45, 2.75) is 6.92 Å². The second-order valence-corrected chi connectivity index (χ2v) is 5.85. The van der Waals surface area contributed by atoms with Gasteiger partial charge < -0.3 is 24.3 Å². The normalized spacial score (nSPS) is 10.1. The predicted octanol–water partition coefficient (Wildman–Crippen LogP) is 3.47. The Hall–Kier alpha value is -2.93. The molecule has 0 fully saturated rings. The molecule has 0 saturated heterocycles. The number of methoxy groups -OCH3 is 3. The lowest BCUT2D eigenvalue weighted by atomic mass is 10.1. The zero-order valence-corrected chi connectivity index (χ0v) is 16.2. The third-order valence-corrected chi connectivity index (χ3v) is 4.21. The maximum Gasteiger partial charge on any atom is 0.342 e. The highest BCUT2D eigenvalue weighted by Crippen LogP contribution is 2.35. The van der Waals surface area contributed by atoms with Gasteiger partial charge in [0, 0.05) is 22.8 Å². The lowest BCUT2D eigenvalue weighted by Crippen LogP contribution is -2.21. The summed E-state index contributed by atoms with van der Waals surface area (Å²) in [5.74, 6) is -0.244. The van der Waals surface area contributed by atoms with Gasteiger partial charge >= 0.3 is 5.97 Å². The standard InChI is InChI=1S/C19H20ClNO6/c1-11-13(20)6-5-7-14(11)21-18(22)10-27-19(23)12-8-16(25-3)17(26-4)9-15(12)24-2/h5-9H,10H2,1-4H3,(H,21,22). The molecule has 0 saturated carbocycles. The fourth-order valence-corrected chi connectivity index (χ4v) is 2.50. The molecule has 0 aromatic heterocycles. The molecular formula is C19H20ClNO6. The van der Waals surface area contributed by atoms with E-state index in [1.165, 1.54) is 33.5 Å². The molecule has 8 heteroatoms. The zero-order chi connectivity index (χ0) is 20.0. The molecule has 0 bridgehead atoms. The van der Waals surface area contributed by atoms with Gasteiger partial charge in [0.15, 0.2) is 18.1 Å². The van der Waals surface area contributed by atoms with Crippen molar-refractivity contribution in [3.05, 3.63) is 46.5 Å². The topological polar surface area (TPSA) is 83.1 Å². The largest absolute Gasteiger partial charge is 0.496 e. The summed E-state index contributed by atoms with van der Waals surface area (Å²) in [6, 6.07) is 8.07. The van der Waals surface area contributed by atoms with Crippen molar-refractivity contribution in [3.8, 4) is 17.2 Å². The van der Waals surface area contributed by atoms with E-state index in [9.17, 15) is 9.59 Å². The van der Waals surface area contributed by atoms with Crippen LogP contribution >= 0.6 is 11.6 Å². The molecule has 0 heterocycles. The molecule has 0 aliphatic carbocycles. The van der Waals surface area contributed by atoms with Gasteiger partial charge in [0.05, 0.1) is 21.3 Å². The van der Waals surface area contributed by atoms with E-state index in [1.807, 2.05) is 0 Å². The quantitative estimate of drug-likeness (QED) is 0.725. The van der Waals surface area contributed by atoms with E-state index in [0.717, 1.165) is 5.56 Å². The molecule has 27 heavy (non-hydrogen) atoms. The van der Waals surface area contributed by atoms with E-state index in [-0.39, 0.29) is 11.3 Å². The van der Waals surface area contributed by atoms with E-state index >= 15 is 0 Å². The summed E-state index contributed by atoms with van der Waals surface area (Å²) in [5, 5.41) is 3.18. The Bertz CT molecular complexity index is 852. The molecule has 0 spiro atoms. The van der Waals surface area contributed by atoms with Gasteiger partial charge in [0.2, 0.25) is 0 Å². The van der Waals surface area contributed by atoms with E-state index in [4.69, 9.17) is 30.5 Å². The number of benzene rings is 2. The first-order valence-corrected chi connectivity index (χ1v) is 8.31. The molecule has 0 unspecified atom stereocenters. The Morgan fingerprint density at radius 2 is 1.63 bits per heavy atom. The summed E-state index contributed by atoms with van der Waals surface area (Å²) in [6.45, 7) is 1.31. The number of esters is 1. The second-order valence-electron chi connectivity index (χ2n) is 5.44. The highest BCUT2D eigenvalue weighted by Gasteiger charge is 2.20. The first kappa shape index (κ1) is 20.4. The van der Waals surface area contributed by atoms with Gasteiger partial charge in [-0.3, -0.25) is 4.79 Å². The average molecular weight is 394 g/mol. The number of carbonyl (C=O) groups is 2. The van der Waals surface area contributed by atoms with Gasteiger partial charge in [-0.05, 0) is 24.6 Å². The first-order valence-electron chi connectivity index (χ1n) is 7.93. The fraction of sp³-hybridized carbons (Fsp3) is 0.263. The SMILES string of the molecule is COc1cc(OC)c(C(=O)OCC(=O)Nc2cccc(Cl)c2C)cc1OC. The van der Waals surface area contributed by atoms with Crippen LogP contribution < -0.4 is 19.5 Å². The van der Waals surface area contributed by atoms with Crippen molar-refractivity contribution < 1.29 is 28.5 Å². The summed E-state index contributed by atoms with van der Waals surface area (Å²) >= 11 is 6.02. The Kier molecular flexibility index (Phi) is 6.90. The van der Waals surface area contributed by atoms with Gasteiger partial charge in [-0.15, -0.1) is 0 Å². The molecule has 2 aromatic carbocycles. The number of anilines is 1. The average Bonchev–Trinajstić information content (AvgIpc) is 2.68. The van der Waals surface area contributed by atoms with Crippen molar-refractivity contribution >= 4 is 29.2 Å². The summed E-state index contributed by atoms with van der Waals surface area (Å²) in [6.07, 6.45) is 0. The van der Waals surface area contributed by atoms with Crippen molar-refractivity contribution in [1.82, 2.24) is 0 Å². The molecule has 2 aromatic rings. The Balaban J connectivity index is 2.09. The molecule has 144 valence electrons. The van der Waals surface area contributed by atoms with Crippen LogP contribution in [0.2, 0.25) is 5.02 Å². The zero-order valence-electron chi connectivity index (χ0n) is 15.4. The highest BCUT2D eigenvalue weighted by molar-refractivity contribution is 6.31. The van der Waals surface area contributed by atoms with Gasteiger partial charge in [-0.1, -0.05) is 17.7 Å². The summed E-state index contributed by atoms with van der Waals surface area (Å²) < 4.78 is 20.6. The third-order valence-electron chi connectivity index (χ3n) is 3.80. The van der Waals surface area contributed by atoms with E-state index in [1.54, 1.807) is 25.1 Å². The van der Waals surface area contributed by atoms with E-state index in [2.05, 4.69) is 5.32 Å². The lowest BCUT2D eigenvalue weighted by molar-refractivity contribution is -0.119. The Labute approximate surface area is 162 Å². The molecule has 0 aliphatic heterocycles. The van der Waals surface area contributed by atoms with Crippen LogP contribution in [0, 0.1) is 6.92 Å². The Morgan fingerprint density at radius 3 is 2.26 bits per heavy atom. The van der Waals surface area contributed by atoms with Gasteiger partial charge in [0.25, 0.3) is 5.91 Å². The molecule has 0 radical (unpaired) electrons. The predicted molar refractivity (Wildman–Crippen MR) is 101 cm³/mol. The van der Waals surface area contributed by atoms with Gasteiger partial charge in [-0.2, -0.15) is 0 Å². The molecule has 0 aliphatic rings. The highest BCUT2D eigenvalue weighted by atomic mass is 35.5. The van der Waals surface area contributed by atoms with E-state index in [0.29, 0.717) is 22.2 Å². The summed E-state index contributed by atoms with van der Waals surface area (Å²) in [7, 11) is 4.32. The van der Waals surface area contributed by atoms with Crippen molar-refractivity contribution in [2.24, 2.45) is 0 Å².